The number of amides is 1. The molecule has 0 saturated carbocycles. The van der Waals surface area contributed by atoms with Crippen LogP contribution in [0.15, 0.2) is 28.8 Å². The van der Waals surface area contributed by atoms with Crippen molar-refractivity contribution in [1.82, 2.24) is 15.4 Å². The maximum Gasteiger partial charge on any atom is 0.220 e. The Kier molecular flexibility index (Phi) is 6.58. The number of carbonyl (C=O) groups excluding carboxylic acids is 1. The van der Waals surface area contributed by atoms with Crippen LogP contribution in [0, 0.1) is 13.8 Å². The lowest BCUT2D eigenvalue weighted by atomic mass is 10.1. The zero-order chi connectivity index (χ0) is 18.4. The summed E-state index contributed by atoms with van der Waals surface area (Å²) in [7, 11) is 5.66. The Morgan fingerprint density at radius 2 is 1.96 bits per heavy atom. The SMILES string of the molecule is COc1ccc(C(CNC(=O)CCc2c(C)noc2C)N(C)C)cc1. The summed E-state index contributed by atoms with van der Waals surface area (Å²) in [6, 6.07) is 8.03. The molecule has 0 aliphatic carbocycles. The van der Waals surface area contributed by atoms with E-state index in [0.717, 1.165) is 28.3 Å². The lowest BCUT2D eigenvalue weighted by molar-refractivity contribution is -0.121. The largest absolute Gasteiger partial charge is 0.497 e. The Morgan fingerprint density at radius 1 is 1.28 bits per heavy atom. The first-order chi connectivity index (χ1) is 11.9. The summed E-state index contributed by atoms with van der Waals surface area (Å²) in [5, 5.41) is 6.95. The second-order valence-electron chi connectivity index (χ2n) is 6.36. The van der Waals surface area contributed by atoms with Crippen molar-refractivity contribution in [1.29, 1.82) is 0 Å². The summed E-state index contributed by atoms with van der Waals surface area (Å²) in [6.07, 6.45) is 1.06. The van der Waals surface area contributed by atoms with Crippen molar-refractivity contribution in [3.05, 3.63) is 46.8 Å². The van der Waals surface area contributed by atoms with Gasteiger partial charge in [0, 0.05) is 18.5 Å². The monoisotopic (exact) mass is 345 g/mol. The van der Waals surface area contributed by atoms with Gasteiger partial charge in [-0.1, -0.05) is 17.3 Å². The van der Waals surface area contributed by atoms with Crippen molar-refractivity contribution >= 4 is 5.91 Å². The summed E-state index contributed by atoms with van der Waals surface area (Å²) in [5.41, 5.74) is 3.01. The summed E-state index contributed by atoms with van der Waals surface area (Å²) in [5.74, 6) is 1.64. The first kappa shape index (κ1) is 19.0. The van der Waals surface area contributed by atoms with E-state index in [-0.39, 0.29) is 11.9 Å². The quantitative estimate of drug-likeness (QED) is 0.797. The van der Waals surface area contributed by atoms with Crippen LogP contribution in [-0.4, -0.2) is 43.7 Å². The molecule has 1 N–H and O–H groups in total. The van der Waals surface area contributed by atoms with Gasteiger partial charge in [0.05, 0.1) is 18.8 Å². The van der Waals surface area contributed by atoms with Gasteiger partial charge in [0.25, 0.3) is 0 Å². The third-order valence-electron chi connectivity index (χ3n) is 4.40. The summed E-state index contributed by atoms with van der Waals surface area (Å²) in [4.78, 5) is 14.3. The second kappa shape index (κ2) is 8.67. The van der Waals surface area contributed by atoms with E-state index < -0.39 is 0 Å². The molecule has 1 aromatic heterocycles. The summed E-state index contributed by atoms with van der Waals surface area (Å²) < 4.78 is 10.3. The van der Waals surface area contributed by atoms with Crippen molar-refractivity contribution in [2.24, 2.45) is 0 Å². The van der Waals surface area contributed by atoms with Crippen molar-refractivity contribution < 1.29 is 14.1 Å². The fourth-order valence-electron chi connectivity index (χ4n) is 2.82. The predicted octanol–water partition coefficient (Wildman–Crippen LogP) is 2.65. The Bertz CT molecular complexity index is 673. The molecule has 0 aliphatic heterocycles. The minimum atomic E-state index is 0.0281. The van der Waals surface area contributed by atoms with E-state index in [9.17, 15) is 4.79 Å². The number of nitrogens with one attached hydrogen (secondary N) is 1. The fraction of sp³-hybridized carbons (Fsp3) is 0.474. The first-order valence-electron chi connectivity index (χ1n) is 8.41. The van der Waals surface area contributed by atoms with Gasteiger partial charge in [0.2, 0.25) is 5.91 Å². The number of likely N-dealkylation sites (N-methyl/N-ethyl adjacent to an activating group) is 1. The third-order valence-corrected chi connectivity index (χ3v) is 4.40. The molecule has 0 spiro atoms. The maximum atomic E-state index is 12.2. The van der Waals surface area contributed by atoms with Crippen molar-refractivity contribution in [2.75, 3.05) is 27.7 Å². The fourth-order valence-corrected chi connectivity index (χ4v) is 2.82. The number of aryl methyl sites for hydroxylation is 2. The zero-order valence-corrected chi connectivity index (χ0v) is 15.6. The molecular formula is C19H27N3O3. The molecule has 136 valence electrons. The van der Waals surface area contributed by atoms with Crippen LogP contribution in [0.25, 0.3) is 0 Å². The molecule has 0 aliphatic rings. The molecule has 1 aromatic carbocycles. The van der Waals surface area contributed by atoms with Crippen LogP contribution in [0.3, 0.4) is 0 Å². The molecule has 2 aromatic rings. The summed E-state index contributed by atoms with van der Waals surface area (Å²) in [6.45, 7) is 4.33. The minimum absolute atomic E-state index is 0.0281. The Morgan fingerprint density at radius 3 is 2.48 bits per heavy atom. The van der Waals surface area contributed by atoms with Crippen molar-refractivity contribution in [3.8, 4) is 5.75 Å². The van der Waals surface area contributed by atoms with Gasteiger partial charge in [-0.25, -0.2) is 0 Å². The van der Waals surface area contributed by atoms with E-state index in [1.165, 1.54) is 0 Å². The molecule has 1 heterocycles. The molecule has 6 heteroatoms. The van der Waals surface area contributed by atoms with E-state index in [2.05, 4.69) is 15.4 Å². The topological polar surface area (TPSA) is 67.6 Å². The molecule has 25 heavy (non-hydrogen) atoms. The molecular weight excluding hydrogens is 318 g/mol. The highest BCUT2D eigenvalue weighted by molar-refractivity contribution is 5.76. The highest BCUT2D eigenvalue weighted by Crippen LogP contribution is 2.21. The molecule has 0 bridgehead atoms. The molecule has 6 nitrogen and oxygen atoms in total. The smallest absolute Gasteiger partial charge is 0.220 e. The number of benzene rings is 1. The maximum absolute atomic E-state index is 12.2. The molecule has 1 atom stereocenters. The van der Waals surface area contributed by atoms with E-state index in [0.29, 0.717) is 19.4 Å². The zero-order valence-electron chi connectivity index (χ0n) is 15.6. The number of nitrogens with zero attached hydrogens (tertiary/aromatic N) is 2. The van der Waals surface area contributed by atoms with Gasteiger partial charge < -0.3 is 19.5 Å². The van der Waals surface area contributed by atoms with Gasteiger partial charge in [-0.3, -0.25) is 4.79 Å². The first-order valence-corrected chi connectivity index (χ1v) is 8.41. The number of hydrogen-bond acceptors (Lipinski definition) is 5. The lowest BCUT2D eigenvalue weighted by Gasteiger charge is -2.25. The number of rotatable bonds is 8. The van der Waals surface area contributed by atoms with E-state index in [1.807, 2.05) is 52.2 Å². The van der Waals surface area contributed by atoms with Gasteiger partial charge in [0.15, 0.2) is 0 Å². The average Bonchev–Trinajstić information content (AvgIpc) is 2.91. The van der Waals surface area contributed by atoms with Gasteiger partial charge in [-0.2, -0.15) is 0 Å². The van der Waals surface area contributed by atoms with Gasteiger partial charge in [-0.15, -0.1) is 0 Å². The van der Waals surface area contributed by atoms with Crippen molar-refractivity contribution in [3.63, 3.8) is 0 Å². The van der Waals surface area contributed by atoms with Crippen molar-refractivity contribution in [2.45, 2.75) is 32.7 Å². The normalized spacial score (nSPS) is 12.2. The Hall–Kier alpha value is -2.34. The minimum Gasteiger partial charge on any atom is -0.497 e. The van der Waals surface area contributed by atoms with Crippen LogP contribution in [-0.2, 0) is 11.2 Å². The number of methoxy groups -OCH3 is 1. The van der Waals surface area contributed by atoms with E-state index >= 15 is 0 Å². The van der Waals surface area contributed by atoms with Crippen LogP contribution in [0.4, 0.5) is 0 Å². The van der Waals surface area contributed by atoms with Crippen LogP contribution in [0.1, 0.15) is 35.0 Å². The van der Waals surface area contributed by atoms with Gasteiger partial charge >= 0.3 is 0 Å². The molecule has 1 unspecified atom stereocenters. The number of carbonyl (C=O) groups is 1. The molecule has 0 saturated heterocycles. The highest BCUT2D eigenvalue weighted by atomic mass is 16.5. The molecule has 2 rings (SSSR count). The van der Waals surface area contributed by atoms with Crippen LogP contribution in [0.5, 0.6) is 5.75 Å². The molecule has 0 fully saturated rings. The third kappa shape index (κ3) is 5.06. The van der Waals surface area contributed by atoms with Crippen LogP contribution >= 0.6 is 0 Å². The predicted molar refractivity (Wildman–Crippen MR) is 96.7 cm³/mol. The Balaban J connectivity index is 1.90. The summed E-state index contributed by atoms with van der Waals surface area (Å²) >= 11 is 0. The number of hydrogen-bond donors (Lipinski definition) is 1. The molecule has 1 amide bonds. The second-order valence-corrected chi connectivity index (χ2v) is 6.36. The van der Waals surface area contributed by atoms with Gasteiger partial charge in [-0.05, 0) is 52.1 Å². The van der Waals surface area contributed by atoms with Gasteiger partial charge in [0.1, 0.15) is 11.5 Å². The number of ether oxygens (including phenoxy) is 1. The lowest BCUT2D eigenvalue weighted by Crippen LogP contribution is -2.34. The van der Waals surface area contributed by atoms with Crippen LogP contribution in [0.2, 0.25) is 0 Å². The standard InChI is InChI=1S/C19H27N3O3/c1-13-17(14(2)25-21-13)10-11-19(23)20-12-18(22(3)4)15-6-8-16(24-5)9-7-15/h6-9,18H,10-12H2,1-5H3,(H,20,23). The number of aromatic nitrogens is 1. The average molecular weight is 345 g/mol. The molecule has 0 radical (unpaired) electrons. The van der Waals surface area contributed by atoms with E-state index in [4.69, 9.17) is 9.26 Å². The highest BCUT2D eigenvalue weighted by Gasteiger charge is 2.16. The van der Waals surface area contributed by atoms with Crippen LogP contribution < -0.4 is 10.1 Å². The van der Waals surface area contributed by atoms with E-state index in [1.54, 1.807) is 7.11 Å². The Labute approximate surface area is 149 Å².